The fraction of sp³-hybridized carbons (Fsp3) is 0.353. The van der Waals surface area contributed by atoms with Gasteiger partial charge in [0.1, 0.15) is 5.82 Å². The summed E-state index contributed by atoms with van der Waals surface area (Å²) >= 11 is 0. The van der Waals surface area contributed by atoms with Gasteiger partial charge in [-0.05, 0) is 61.6 Å². The second kappa shape index (κ2) is 6.14. The van der Waals surface area contributed by atoms with Crippen LogP contribution in [0.3, 0.4) is 0 Å². The van der Waals surface area contributed by atoms with E-state index < -0.39 is 0 Å². The lowest BCUT2D eigenvalue weighted by atomic mass is 9.92. The smallest absolute Gasteiger partial charge is 0.123 e. The number of aryl methyl sites for hydroxylation is 1. The maximum Gasteiger partial charge on any atom is 0.123 e. The summed E-state index contributed by atoms with van der Waals surface area (Å²) in [5, 5.41) is 3.56. The Kier molecular flexibility index (Phi) is 4.07. The summed E-state index contributed by atoms with van der Waals surface area (Å²) in [6.45, 7) is 0.851. The van der Waals surface area contributed by atoms with Crippen molar-refractivity contribution in [3.63, 3.8) is 0 Å². The highest BCUT2D eigenvalue weighted by Crippen LogP contribution is 2.27. The zero-order valence-electron chi connectivity index (χ0n) is 11.5. The molecule has 1 aliphatic rings. The first kappa shape index (κ1) is 13.3. The predicted molar refractivity (Wildman–Crippen MR) is 78.0 cm³/mol. The minimum Gasteiger partial charge on any atom is -0.308 e. The molecule has 0 spiro atoms. The molecule has 2 nitrogen and oxygen atoms in total. The van der Waals surface area contributed by atoms with Gasteiger partial charge in [0.25, 0.3) is 0 Å². The number of hydrogen-bond donors (Lipinski definition) is 1. The van der Waals surface area contributed by atoms with Crippen LogP contribution in [0, 0.1) is 5.82 Å². The molecule has 104 valence electrons. The largest absolute Gasteiger partial charge is 0.308 e. The molecule has 20 heavy (non-hydrogen) atoms. The molecule has 0 fully saturated rings. The Balaban J connectivity index is 1.60. The highest BCUT2D eigenvalue weighted by atomic mass is 19.1. The number of rotatable bonds is 4. The Morgan fingerprint density at radius 3 is 3.10 bits per heavy atom. The van der Waals surface area contributed by atoms with Crippen LogP contribution in [0.2, 0.25) is 0 Å². The molecule has 0 amide bonds. The number of benzene rings is 1. The van der Waals surface area contributed by atoms with Crippen molar-refractivity contribution < 1.29 is 4.39 Å². The molecule has 1 aromatic heterocycles. The van der Waals surface area contributed by atoms with E-state index in [0.717, 1.165) is 31.4 Å². The molecule has 1 unspecified atom stereocenters. The quantitative estimate of drug-likeness (QED) is 0.920. The topological polar surface area (TPSA) is 24.9 Å². The lowest BCUT2D eigenvalue weighted by molar-refractivity contribution is 0.451. The van der Waals surface area contributed by atoms with Gasteiger partial charge in [-0.15, -0.1) is 0 Å². The van der Waals surface area contributed by atoms with Crippen molar-refractivity contribution in [1.29, 1.82) is 0 Å². The van der Waals surface area contributed by atoms with Crippen molar-refractivity contribution in [3.8, 4) is 0 Å². The zero-order chi connectivity index (χ0) is 13.8. The summed E-state index contributed by atoms with van der Waals surface area (Å²) in [5.74, 6) is -0.160. The van der Waals surface area contributed by atoms with E-state index in [4.69, 9.17) is 0 Å². The Morgan fingerprint density at radius 1 is 1.25 bits per heavy atom. The molecule has 1 heterocycles. The van der Waals surface area contributed by atoms with Gasteiger partial charge in [-0.2, -0.15) is 0 Å². The Labute approximate surface area is 119 Å². The minimum atomic E-state index is -0.160. The van der Waals surface area contributed by atoms with E-state index in [-0.39, 0.29) is 5.82 Å². The third-order valence-corrected chi connectivity index (χ3v) is 3.89. The van der Waals surface area contributed by atoms with Crippen LogP contribution in [0.4, 0.5) is 4.39 Å². The standard InChI is InChI=1S/C17H19FN2/c18-15-7-1-4-13(12-15)9-11-19-16-8-2-5-14-6-3-10-20-17(14)16/h1,3-4,6-7,10,12,16,19H,2,5,8-9,11H2. The van der Waals surface area contributed by atoms with Gasteiger partial charge < -0.3 is 5.32 Å². The lowest BCUT2D eigenvalue weighted by Crippen LogP contribution is -2.28. The molecular formula is C17H19FN2. The maximum absolute atomic E-state index is 13.1. The van der Waals surface area contributed by atoms with Gasteiger partial charge in [0, 0.05) is 12.2 Å². The number of halogens is 1. The van der Waals surface area contributed by atoms with Crippen LogP contribution in [0.1, 0.15) is 35.7 Å². The Bertz CT molecular complexity index is 583. The van der Waals surface area contributed by atoms with Crippen molar-refractivity contribution in [2.45, 2.75) is 31.7 Å². The molecule has 0 bridgehead atoms. The molecule has 1 atom stereocenters. The van der Waals surface area contributed by atoms with E-state index in [2.05, 4.69) is 16.4 Å². The summed E-state index contributed by atoms with van der Waals surface area (Å²) in [6, 6.07) is 11.3. The number of nitrogens with zero attached hydrogens (tertiary/aromatic N) is 1. The molecular weight excluding hydrogens is 251 g/mol. The van der Waals surface area contributed by atoms with Crippen molar-refractivity contribution in [2.75, 3.05) is 6.54 Å². The molecule has 3 rings (SSSR count). The average molecular weight is 270 g/mol. The normalized spacial score (nSPS) is 17.8. The zero-order valence-corrected chi connectivity index (χ0v) is 11.5. The molecule has 0 saturated carbocycles. The van der Waals surface area contributed by atoms with Crippen LogP contribution >= 0.6 is 0 Å². The van der Waals surface area contributed by atoms with E-state index in [1.165, 1.54) is 23.7 Å². The van der Waals surface area contributed by atoms with Crippen LogP contribution in [-0.2, 0) is 12.8 Å². The minimum absolute atomic E-state index is 0.160. The second-order valence-electron chi connectivity index (χ2n) is 5.33. The Morgan fingerprint density at radius 2 is 2.20 bits per heavy atom. The van der Waals surface area contributed by atoms with Gasteiger partial charge in [0.05, 0.1) is 5.69 Å². The number of nitrogens with one attached hydrogen (secondary N) is 1. The van der Waals surface area contributed by atoms with Crippen LogP contribution in [0.15, 0.2) is 42.6 Å². The molecule has 2 aromatic rings. The average Bonchev–Trinajstić information content (AvgIpc) is 2.48. The first-order valence-electron chi connectivity index (χ1n) is 7.24. The second-order valence-corrected chi connectivity index (χ2v) is 5.33. The van der Waals surface area contributed by atoms with Crippen molar-refractivity contribution in [3.05, 3.63) is 65.2 Å². The van der Waals surface area contributed by atoms with E-state index in [9.17, 15) is 4.39 Å². The Hall–Kier alpha value is -1.74. The van der Waals surface area contributed by atoms with Crippen LogP contribution < -0.4 is 5.32 Å². The molecule has 1 aromatic carbocycles. The summed E-state index contributed by atoms with van der Waals surface area (Å²) in [6.07, 6.45) is 6.18. The van der Waals surface area contributed by atoms with E-state index in [1.54, 1.807) is 12.1 Å². The van der Waals surface area contributed by atoms with Gasteiger partial charge in [-0.1, -0.05) is 18.2 Å². The number of fused-ring (bicyclic) bond motifs is 1. The number of hydrogen-bond acceptors (Lipinski definition) is 2. The van der Waals surface area contributed by atoms with Gasteiger partial charge in [-0.3, -0.25) is 4.98 Å². The first-order valence-corrected chi connectivity index (χ1v) is 7.24. The fourth-order valence-corrected chi connectivity index (χ4v) is 2.89. The molecule has 3 heteroatoms. The summed E-state index contributed by atoms with van der Waals surface area (Å²) in [4.78, 5) is 4.52. The lowest BCUT2D eigenvalue weighted by Gasteiger charge is -2.25. The highest BCUT2D eigenvalue weighted by Gasteiger charge is 2.20. The van der Waals surface area contributed by atoms with Crippen LogP contribution in [0.25, 0.3) is 0 Å². The molecule has 1 aliphatic carbocycles. The van der Waals surface area contributed by atoms with Crippen molar-refractivity contribution in [2.24, 2.45) is 0 Å². The van der Waals surface area contributed by atoms with E-state index in [0.29, 0.717) is 6.04 Å². The molecule has 0 aliphatic heterocycles. The predicted octanol–water partition coefficient (Wildman–Crippen LogP) is 3.43. The van der Waals surface area contributed by atoms with Gasteiger partial charge in [-0.25, -0.2) is 4.39 Å². The van der Waals surface area contributed by atoms with Crippen LogP contribution in [0.5, 0.6) is 0 Å². The molecule has 0 radical (unpaired) electrons. The summed E-state index contributed by atoms with van der Waals surface area (Å²) in [5.41, 5.74) is 3.59. The van der Waals surface area contributed by atoms with Crippen molar-refractivity contribution in [1.82, 2.24) is 10.3 Å². The number of aromatic nitrogens is 1. The highest BCUT2D eigenvalue weighted by molar-refractivity contribution is 5.25. The molecule has 1 N–H and O–H groups in total. The monoisotopic (exact) mass is 270 g/mol. The SMILES string of the molecule is Fc1cccc(CCNC2CCCc3cccnc32)c1. The first-order chi connectivity index (χ1) is 9.83. The third kappa shape index (κ3) is 3.05. The van der Waals surface area contributed by atoms with Gasteiger partial charge >= 0.3 is 0 Å². The van der Waals surface area contributed by atoms with Crippen molar-refractivity contribution >= 4 is 0 Å². The van der Waals surface area contributed by atoms with E-state index >= 15 is 0 Å². The number of pyridine rings is 1. The summed E-state index contributed by atoms with van der Waals surface area (Å²) < 4.78 is 13.1. The van der Waals surface area contributed by atoms with Gasteiger partial charge in [0.15, 0.2) is 0 Å². The van der Waals surface area contributed by atoms with Gasteiger partial charge in [0.2, 0.25) is 0 Å². The summed E-state index contributed by atoms with van der Waals surface area (Å²) in [7, 11) is 0. The maximum atomic E-state index is 13.1. The molecule has 0 saturated heterocycles. The fourth-order valence-electron chi connectivity index (χ4n) is 2.89. The van der Waals surface area contributed by atoms with Crippen LogP contribution in [-0.4, -0.2) is 11.5 Å². The van der Waals surface area contributed by atoms with E-state index in [1.807, 2.05) is 18.3 Å². The third-order valence-electron chi connectivity index (χ3n) is 3.89.